The molecule has 180 valence electrons. The average Bonchev–Trinajstić information content (AvgIpc) is 3.32. The summed E-state index contributed by atoms with van der Waals surface area (Å²) in [5, 5.41) is 12.4. The van der Waals surface area contributed by atoms with Crippen LogP contribution in [0.4, 0.5) is 5.69 Å². The second-order valence-corrected chi connectivity index (χ2v) is 9.84. The lowest BCUT2D eigenvalue weighted by atomic mass is 10.1. The zero-order chi connectivity index (χ0) is 24.0. The van der Waals surface area contributed by atoms with Gasteiger partial charge in [0.05, 0.1) is 54.6 Å². The van der Waals surface area contributed by atoms with Crippen LogP contribution >= 0.6 is 23.3 Å². The van der Waals surface area contributed by atoms with Crippen molar-refractivity contribution in [1.82, 2.24) is 40.2 Å². The third-order valence-electron chi connectivity index (χ3n) is 4.98. The summed E-state index contributed by atoms with van der Waals surface area (Å²) < 4.78 is 8.79. The molecule has 35 heavy (non-hydrogen) atoms. The van der Waals surface area contributed by atoms with Crippen LogP contribution in [0.15, 0.2) is 49.3 Å². The van der Waals surface area contributed by atoms with Gasteiger partial charge in [0.1, 0.15) is 5.69 Å². The highest BCUT2D eigenvalue weighted by Gasteiger charge is 2.24. The van der Waals surface area contributed by atoms with Gasteiger partial charge in [-0.15, -0.1) is 11.3 Å². The number of pyridine rings is 1. The number of hydrogen-bond acceptors (Lipinski definition) is 11. The number of thiazole rings is 1. The average molecular weight is 510 g/mol. The van der Waals surface area contributed by atoms with E-state index in [1.807, 2.05) is 19.1 Å². The summed E-state index contributed by atoms with van der Waals surface area (Å²) in [5.41, 5.74) is 2.23. The summed E-state index contributed by atoms with van der Waals surface area (Å²) in [6.07, 6.45) is 12.2. The monoisotopic (exact) mass is 509 g/mol. The number of ether oxygens (including phenoxy) is 1. The van der Waals surface area contributed by atoms with Gasteiger partial charge in [-0.2, -0.15) is 15.0 Å². The van der Waals surface area contributed by atoms with E-state index in [4.69, 9.17) is 4.74 Å². The number of nitrogens with zero attached hydrogens (tertiary/aromatic N) is 7. The maximum atomic E-state index is 13.2. The molecule has 0 aliphatic heterocycles. The fourth-order valence-electron chi connectivity index (χ4n) is 3.16. The van der Waals surface area contributed by atoms with Gasteiger partial charge in [-0.3, -0.25) is 14.8 Å². The summed E-state index contributed by atoms with van der Waals surface area (Å²) in [4.78, 5) is 32.8. The second kappa shape index (κ2) is 10.8. The predicted octanol–water partition coefficient (Wildman–Crippen LogP) is 3.38. The summed E-state index contributed by atoms with van der Waals surface area (Å²) >= 11 is 2.95. The number of anilines is 1. The van der Waals surface area contributed by atoms with Crippen LogP contribution in [-0.2, 0) is 6.54 Å². The van der Waals surface area contributed by atoms with Crippen LogP contribution in [0.25, 0.3) is 10.6 Å². The molecule has 0 spiro atoms. The Hall–Kier alpha value is -3.58. The van der Waals surface area contributed by atoms with Crippen molar-refractivity contribution < 1.29 is 9.53 Å². The van der Waals surface area contributed by atoms with E-state index in [1.165, 1.54) is 29.0 Å². The molecule has 5 rings (SSSR count). The van der Waals surface area contributed by atoms with Crippen molar-refractivity contribution in [2.24, 2.45) is 0 Å². The second-order valence-electron chi connectivity index (χ2n) is 7.70. The molecule has 4 aromatic rings. The Morgan fingerprint density at radius 1 is 1.23 bits per heavy atom. The molecule has 0 saturated heterocycles. The number of nitrogens with one attached hydrogen (secondary N) is 2. The normalized spacial score (nSPS) is 13.9. The third kappa shape index (κ3) is 6.11. The molecule has 1 fully saturated rings. The maximum absolute atomic E-state index is 13.2. The van der Waals surface area contributed by atoms with E-state index in [1.54, 1.807) is 49.1 Å². The van der Waals surface area contributed by atoms with Crippen molar-refractivity contribution >= 4 is 34.9 Å². The smallest absolute Gasteiger partial charge is 0.280 e. The minimum atomic E-state index is -0.462. The molecule has 1 aliphatic rings. The van der Waals surface area contributed by atoms with Crippen molar-refractivity contribution in [2.45, 2.75) is 37.6 Å². The number of carbonyl (C=O) groups excluding carboxylic acids is 1. The Labute approximate surface area is 209 Å². The van der Waals surface area contributed by atoms with E-state index in [0.717, 1.165) is 10.6 Å². The van der Waals surface area contributed by atoms with E-state index >= 15 is 0 Å². The first-order valence-corrected chi connectivity index (χ1v) is 12.8. The highest BCUT2D eigenvalue weighted by molar-refractivity contribution is 8.01. The number of carbonyl (C=O) groups is 1. The minimum absolute atomic E-state index is 0.306. The number of hydrogen-bond donors (Lipinski definition) is 2. The molecule has 2 N–H and O–H groups in total. The van der Waals surface area contributed by atoms with Gasteiger partial charge < -0.3 is 14.8 Å². The molecule has 1 amide bonds. The van der Waals surface area contributed by atoms with Gasteiger partial charge in [0.2, 0.25) is 5.88 Å². The molecule has 4 aromatic heterocycles. The van der Waals surface area contributed by atoms with Crippen LogP contribution < -0.4 is 14.8 Å². The number of aromatic nitrogens is 7. The van der Waals surface area contributed by atoms with Crippen LogP contribution in [0, 0.1) is 0 Å². The van der Waals surface area contributed by atoms with E-state index < -0.39 is 6.04 Å². The van der Waals surface area contributed by atoms with Gasteiger partial charge >= 0.3 is 0 Å². The van der Waals surface area contributed by atoms with Gasteiger partial charge in [0.25, 0.3) is 5.91 Å². The molecular formula is C22H23N9O2S2. The summed E-state index contributed by atoms with van der Waals surface area (Å²) in [7, 11) is 0. The first-order valence-electron chi connectivity index (χ1n) is 11.1. The molecule has 1 saturated carbocycles. The van der Waals surface area contributed by atoms with E-state index in [2.05, 4.69) is 40.2 Å². The molecule has 0 bridgehead atoms. The quantitative estimate of drug-likeness (QED) is 0.290. The molecule has 0 aromatic carbocycles. The van der Waals surface area contributed by atoms with Crippen LogP contribution in [0.5, 0.6) is 5.88 Å². The highest BCUT2D eigenvalue weighted by Crippen LogP contribution is 2.34. The van der Waals surface area contributed by atoms with E-state index in [9.17, 15) is 4.79 Å². The zero-order valence-corrected chi connectivity index (χ0v) is 20.5. The van der Waals surface area contributed by atoms with Crippen molar-refractivity contribution in [2.75, 3.05) is 11.3 Å². The van der Waals surface area contributed by atoms with Gasteiger partial charge in [-0.05, 0) is 43.8 Å². The van der Waals surface area contributed by atoms with Crippen LogP contribution in [0.1, 0.15) is 41.3 Å². The molecule has 11 nitrogen and oxygen atoms in total. The summed E-state index contributed by atoms with van der Waals surface area (Å²) in [6.45, 7) is 2.70. The Morgan fingerprint density at radius 2 is 2.09 bits per heavy atom. The third-order valence-corrected chi connectivity index (χ3v) is 7.16. The number of rotatable bonds is 11. The fraction of sp³-hybridized carbons (Fsp3) is 0.318. The SMILES string of the molecule is CCOc1cncc(-c2cnc(C(=O)NC(Cn3nccn3)c3cc(NSC4CC4)ccn3)s2)n1. The standard InChI is InChI=1S/C22H23N9O2S2/c1-2-33-20-12-23-10-17(28-20)19-11-25-22(34-19)21(32)29-18(13-31-26-7-8-27-31)16-9-14(5-6-24-16)30-35-15-3-4-15/h5-12,15,18H,2-4,13H2,1H3,(H,24,30)(H,29,32). The largest absolute Gasteiger partial charge is 0.477 e. The van der Waals surface area contributed by atoms with Crippen molar-refractivity contribution in [3.05, 3.63) is 60.0 Å². The Balaban J connectivity index is 1.33. The molecule has 13 heteroatoms. The zero-order valence-electron chi connectivity index (χ0n) is 18.9. The van der Waals surface area contributed by atoms with Crippen molar-refractivity contribution in [3.8, 4) is 16.5 Å². The highest BCUT2D eigenvalue weighted by atomic mass is 32.2. The first-order chi connectivity index (χ1) is 17.2. The van der Waals surface area contributed by atoms with Gasteiger partial charge in [0.15, 0.2) is 5.01 Å². The predicted molar refractivity (Wildman–Crippen MR) is 133 cm³/mol. The van der Waals surface area contributed by atoms with Crippen molar-refractivity contribution in [3.63, 3.8) is 0 Å². The van der Waals surface area contributed by atoms with E-state index in [-0.39, 0.29) is 5.91 Å². The molecule has 1 unspecified atom stereocenters. The Kier molecular flexibility index (Phi) is 7.14. The summed E-state index contributed by atoms with van der Waals surface area (Å²) in [5.74, 6) is 0.107. The van der Waals surface area contributed by atoms with Gasteiger partial charge in [-0.1, -0.05) is 0 Å². The van der Waals surface area contributed by atoms with E-state index in [0.29, 0.717) is 40.7 Å². The summed E-state index contributed by atoms with van der Waals surface area (Å²) in [6, 6.07) is 3.39. The first kappa shape index (κ1) is 23.2. The lowest BCUT2D eigenvalue weighted by molar-refractivity contribution is 0.0929. The molecule has 1 aliphatic carbocycles. The van der Waals surface area contributed by atoms with Crippen LogP contribution in [0.3, 0.4) is 0 Å². The topological polar surface area (TPSA) is 133 Å². The minimum Gasteiger partial charge on any atom is -0.477 e. The Bertz CT molecular complexity index is 1280. The number of amides is 1. The van der Waals surface area contributed by atoms with Gasteiger partial charge in [0, 0.05) is 23.3 Å². The van der Waals surface area contributed by atoms with Crippen molar-refractivity contribution in [1.29, 1.82) is 0 Å². The van der Waals surface area contributed by atoms with Crippen LogP contribution in [0.2, 0.25) is 0 Å². The van der Waals surface area contributed by atoms with Crippen LogP contribution in [-0.4, -0.2) is 52.7 Å². The molecule has 1 atom stereocenters. The molecule has 4 heterocycles. The Morgan fingerprint density at radius 3 is 2.89 bits per heavy atom. The van der Waals surface area contributed by atoms with Gasteiger partial charge in [-0.25, -0.2) is 9.97 Å². The maximum Gasteiger partial charge on any atom is 0.280 e. The molecular weight excluding hydrogens is 486 g/mol. The lowest BCUT2D eigenvalue weighted by Gasteiger charge is -2.18. The lowest BCUT2D eigenvalue weighted by Crippen LogP contribution is -2.32. The fourth-order valence-corrected chi connectivity index (χ4v) is 4.73. The molecule has 0 radical (unpaired) electrons.